The third kappa shape index (κ3) is 4.07. The van der Waals surface area contributed by atoms with Gasteiger partial charge in [-0.3, -0.25) is 9.59 Å². The number of carbonyl (C=O) groups is 2. The van der Waals surface area contributed by atoms with E-state index in [0.29, 0.717) is 32.7 Å². The van der Waals surface area contributed by atoms with E-state index in [4.69, 9.17) is 9.47 Å². The summed E-state index contributed by atoms with van der Waals surface area (Å²) in [5, 5.41) is 0. The van der Waals surface area contributed by atoms with E-state index in [9.17, 15) is 9.59 Å². The number of fused-ring (bicyclic) bond motifs is 1. The minimum absolute atomic E-state index is 0.211. The number of aromatic nitrogens is 2. The van der Waals surface area contributed by atoms with Crippen LogP contribution in [0.25, 0.3) is 0 Å². The number of nitrogens with zero attached hydrogens (tertiary/aromatic N) is 4. The number of carbonyl (C=O) groups excluding carboxylic acids is 2. The van der Waals surface area contributed by atoms with Crippen LogP contribution in [-0.2, 0) is 32.0 Å². The molecule has 0 radical (unpaired) electrons. The van der Waals surface area contributed by atoms with E-state index in [1.165, 1.54) is 0 Å². The zero-order chi connectivity index (χ0) is 17.8. The summed E-state index contributed by atoms with van der Waals surface area (Å²) in [6.45, 7) is 7.79. The maximum absolute atomic E-state index is 12.4. The first kappa shape index (κ1) is 17.6. The van der Waals surface area contributed by atoms with E-state index >= 15 is 0 Å². The predicted molar refractivity (Wildman–Crippen MR) is 90.2 cm³/mol. The third-order valence-electron chi connectivity index (χ3n) is 4.41. The zero-order valence-corrected chi connectivity index (χ0v) is 14.8. The fourth-order valence-electron chi connectivity index (χ4n) is 3.21. The van der Waals surface area contributed by atoms with E-state index in [-0.39, 0.29) is 18.9 Å². The second kappa shape index (κ2) is 7.77. The molecule has 2 aliphatic rings. The first-order valence-corrected chi connectivity index (χ1v) is 8.71. The van der Waals surface area contributed by atoms with Crippen LogP contribution in [0.2, 0.25) is 0 Å². The highest BCUT2D eigenvalue weighted by Crippen LogP contribution is 2.27. The first-order chi connectivity index (χ1) is 12.1. The molecule has 2 aliphatic heterocycles. The molecule has 136 valence electrons. The Balaban J connectivity index is 1.79. The van der Waals surface area contributed by atoms with Crippen molar-refractivity contribution in [3.05, 3.63) is 17.1 Å². The van der Waals surface area contributed by atoms with Crippen molar-refractivity contribution in [2.75, 3.05) is 44.4 Å². The molecule has 0 aliphatic carbocycles. The van der Waals surface area contributed by atoms with Crippen molar-refractivity contribution >= 4 is 17.7 Å². The molecule has 3 rings (SSSR count). The van der Waals surface area contributed by atoms with Crippen molar-refractivity contribution in [2.45, 2.75) is 33.2 Å². The van der Waals surface area contributed by atoms with E-state index in [1.807, 2.05) is 6.92 Å². The monoisotopic (exact) mass is 348 g/mol. The van der Waals surface area contributed by atoms with Gasteiger partial charge in [-0.1, -0.05) is 0 Å². The van der Waals surface area contributed by atoms with Crippen LogP contribution in [0.4, 0.5) is 5.82 Å². The number of hydrogen-bond donors (Lipinski definition) is 0. The third-order valence-corrected chi connectivity index (χ3v) is 4.41. The number of rotatable bonds is 4. The molecule has 0 bridgehead atoms. The van der Waals surface area contributed by atoms with Crippen molar-refractivity contribution in [2.24, 2.45) is 0 Å². The van der Waals surface area contributed by atoms with Gasteiger partial charge in [0.05, 0.1) is 32.1 Å². The number of anilines is 1. The maximum atomic E-state index is 12.4. The quantitative estimate of drug-likeness (QED) is 0.577. The Hall–Kier alpha value is -2.22. The molecule has 1 amide bonds. The Morgan fingerprint density at radius 3 is 2.68 bits per heavy atom. The van der Waals surface area contributed by atoms with E-state index < -0.39 is 5.97 Å². The topological polar surface area (TPSA) is 84.9 Å². The number of hydrogen-bond acceptors (Lipinski definition) is 7. The van der Waals surface area contributed by atoms with Crippen LogP contribution < -0.4 is 4.90 Å². The van der Waals surface area contributed by atoms with Gasteiger partial charge in [-0.25, -0.2) is 9.97 Å². The van der Waals surface area contributed by atoms with Crippen LogP contribution in [0, 0.1) is 6.92 Å². The summed E-state index contributed by atoms with van der Waals surface area (Å²) >= 11 is 0. The maximum Gasteiger partial charge on any atom is 0.315 e. The molecule has 0 atom stereocenters. The lowest BCUT2D eigenvalue weighted by atomic mass is 10.0. The summed E-state index contributed by atoms with van der Waals surface area (Å²) in [5.41, 5.74) is 1.98. The van der Waals surface area contributed by atoms with Gasteiger partial charge in [0.25, 0.3) is 0 Å². The van der Waals surface area contributed by atoms with Gasteiger partial charge >= 0.3 is 5.97 Å². The highest BCUT2D eigenvalue weighted by molar-refractivity contribution is 5.94. The zero-order valence-electron chi connectivity index (χ0n) is 14.8. The number of amides is 1. The van der Waals surface area contributed by atoms with Gasteiger partial charge in [-0.15, -0.1) is 0 Å². The fraction of sp³-hybridized carbons (Fsp3) is 0.647. The van der Waals surface area contributed by atoms with Crippen LogP contribution >= 0.6 is 0 Å². The lowest BCUT2D eigenvalue weighted by Crippen LogP contribution is -2.41. The van der Waals surface area contributed by atoms with Crippen LogP contribution in [0.5, 0.6) is 0 Å². The van der Waals surface area contributed by atoms with Crippen molar-refractivity contribution in [1.29, 1.82) is 0 Å². The molecular formula is C17H24N4O4. The van der Waals surface area contributed by atoms with E-state index in [2.05, 4.69) is 14.9 Å². The lowest BCUT2D eigenvalue weighted by Gasteiger charge is -2.34. The Morgan fingerprint density at radius 1 is 1.20 bits per heavy atom. The molecule has 1 aromatic rings. The number of aryl methyl sites for hydroxylation is 1. The van der Waals surface area contributed by atoms with Gasteiger partial charge in [0.2, 0.25) is 5.91 Å². The van der Waals surface area contributed by atoms with Gasteiger partial charge in [0.1, 0.15) is 18.1 Å². The van der Waals surface area contributed by atoms with Gasteiger partial charge in [-0.05, 0) is 13.8 Å². The molecule has 1 saturated heterocycles. The molecule has 0 spiro atoms. The molecule has 8 heteroatoms. The van der Waals surface area contributed by atoms with Gasteiger partial charge < -0.3 is 19.3 Å². The minimum Gasteiger partial charge on any atom is -0.466 e. The normalized spacial score (nSPS) is 17.2. The summed E-state index contributed by atoms with van der Waals surface area (Å²) in [7, 11) is 0. The van der Waals surface area contributed by atoms with E-state index in [1.54, 1.807) is 11.8 Å². The van der Waals surface area contributed by atoms with E-state index in [0.717, 1.165) is 36.0 Å². The number of ether oxygens (including phenoxy) is 2. The Bertz CT molecular complexity index is 658. The molecule has 25 heavy (non-hydrogen) atoms. The molecule has 3 heterocycles. The van der Waals surface area contributed by atoms with Crippen molar-refractivity contribution < 1.29 is 19.1 Å². The minimum atomic E-state index is -0.480. The van der Waals surface area contributed by atoms with Gasteiger partial charge in [0, 0.05) is 31.6 Å². The van der Waals surface area contributed by atoms with Gasteiger partial charge in [-0.2, -0.15) is 0 Å². The molecule has 0 aromatic carbocycles. The Labute approximate surface area is 147 Å². The van der Waals surface area contributed by atoms with Gasteiger partial charge in [0.15, 0.2) is 0 Å². The molecule has 1 aromatic heterocycles. The van der Waals surface area contributed by atoms with Crippen molar-refractivity contribution in [3.8, 4) is 0 Å². The lowest BCUT2D eigenvalue weighted by molar-refractivity contribution is -0.148. The average Bonchev–Trinajstić information content (AvgIpc) is 2.61. The number of esters is 1. The summed E-state index contributed by atoms with van der Waals surface area (Å²) in [4.78, 5) is 37.0. The Morgan fingerprint density at radius 2 is 1.96 bits per heavy atom. The first-order valence-electron chi connectivity index (χ1n) is 8.71. The largest absolute Gasteiger partial charge is 0.466 e. The Kier molecular flexibility index (Phi) is 5.47. The highest BCUT2D eigenvalue weighted by Gasteiger charge is 2.28. The number of morpholine rings is 1. The van der Waals surface area contributed by atoms with Crippen LogP contribution in [0.1, 0.15) is 30.4 Å². The fourth-order valence-corrected chi connectivity index (χ4v) is 3.21. The molecular weight excluding hydrogens is 324 g/mol. The van der Waals surface area contributed by atoms with Crippen LogP contribution in [0.3, 0.4) is 0 Å². The van der Waals surface area contributed by atoms with Crippen LogP contribution in [0.15, 0.2) is 0 Å². The smallest absolute Gasteiger partial charge is 0.315 e. The summed E-state index contributed by atoms with van der Waals surface area (Å²) in [6, 6.07) is 0. The SMILES string of the molecule is CCOC(=O)CC(=O)N1CCc2nc(C)nc(N3CCOCC3)c2C1. The molecule has 8 nitrogen and oxygen atoms in total. The predicted octanol–water partition coefficient (Wildman–Crippen LogP) is 0.460. The standard InChI is InChI=1S/C17H24N4O4/c1-3-25-16(23)10-15(22)21-5-4-14-13(11-21)17(19-12(2)18-14)20-6-8-24-9-7-20/h3-11H2,1-2H3. The van der Waals surface area contributed by atoms with Crippen molar-refractivity contribution in [3.63, 3.8) is 0 Å². The summed E-state index contributed by atoms with van der Waals surface area (Å²) in [6.07, 6.45) is 0.452. The molecule has 0 unspecified atom stereocenters. The highest BCUT2D eigenvalue weighted by atomic mass is 16.5. The van der Waals surface area contributed by atoms with Crippen molar-refractivity contribution in [1.82, 2.24) is 14.9 Å². The summed E-state index contributed by atoms with van der Waals surface area (Å²) < 4.78 is 10.3. The second-order valence-electron chi connectivity index (χ2n) is 6.17. The average molecular weight is 348 g/mol. The molecule has 0 N–H and O–H groups in total. The van der Waals surface area contributed by atoms with Crippen LogP contribution in [-0.4, -0.2) is 66.2 Å². The summed E-state index contributed by atoms with van der Waals surface area (Å²) in [5.74, 6) is 0.940. The molecule has 1 fully saturated rings. The second-order valence-corrected chi connectivity index (χ2v) is 6.17. The molecule has 0 saturated carbocycles.